The van der Waals surface area contributed by atoms with Crippen molar-refractivity contribution in [1.82, 2.24) is 25.3 Å². The maximum Gasteiger partial charge on any atom is 0.245 e. The molecule has 3 aromatic heterocycles. The van der Waals surface area contributed by atoms with Crippen molar-refractivity contribution in [1.29, 1.82) is 0 Å². The van der Waals surface area contributed by atoms with Crippen LogP contribution in [0.2, 0.25) is 0 Å². The van der Waals surface area contributed by atoms with Crippen LogP contribution in [0, 0.1) is 5.82 Å². The number of nitrogens with one attached hydrogen (secondary N) is 2. The van der Waals surface area contributed by atoms with E-state index in [2.05, 4.69) is 40.5 Å². The Morgan fingerprint density at radius 3 is 2.25 bits per heavy atom. The molecule has 0 saturated carbocycles. The molecule has 0 radical (unpaired) electrons. The standard InChI is InChI=1S/C15H10FN7O/c16-9-5-1-2-6-10(9)18-12-13(19-11-7-3-4-8-17-11)21-15-14(20-12)22-24-23-15/h1-8H,(H,18,20,22)(H,17,19,21,23). The Kier molecular flexibility index (Phi) is 3.43. The molecule has 4 aromatic rings. The van der Waals surface area contributed by atoms with Crippen molar-refractivity contribution >= 4 is 34.4 Å². The van der Waals surface area contributed by atoms with Gasteiger partial charge in [0, 0.05) is 6.20 Å². The molecule has 0 spiro atoms. The van der Waals surface area contributed by atoms with E-state index < -0.39 is 5.82 Å². The number of anilines is 4. The van der Waals surface area contributed by atoms with Gasteiger partial charge in [0.25, 0.3) is 0 Å². The predicted octanol–water partition coefficient (Wildman–Crippen LogP) is 3.03. The first kappa shape index (κ1) is 14.0. The Bertz CT molecular complexity index is 989. The van der Waals surface area contributed by atoms with Crippen LogP contribution in [0.5, 0.6) is 0 Å². The van der Waals surface area contributed by atoms with Gasteiger partial charge in [0.05, 0.1) is 5.69 Å². The largest absolute Gasteiger partial charge is 0.335 e. The van der Waals surface area contributed by atoms with E-state index in [4.69, 9.17) is 0 Å². The van der Waals surface area contributed by atoms with Gasteiger partial charge >= 0.3 is 0 Å². The summed E-state index contributed by atoms with van der Waals surface area (Å²) in [4.78, 5) is 12.7. The highest BCUT2D eigenvalue weighted by molar-refractivity contribution is 5.78. The minimum atomic E-state index is -0.415. The molecule has 9 heteroatoms. The van der Waals surface area contributed by atoms with E-state index in [9.17, 15) is 4.39 Å². The quantitative estimate of drug-likeness (QED) is 0.591. The van der Waals surface area contributed by atoms with Crippen LogP contribution in [-0.4, -0.2) is 25.3 Å². The fourth-order valence-corrected chi connectivity index (χ4v) is 2.06. The van der Waals surface area contributed by atoms with Crippen LogP contribution < -0.4 is 10.6 Å². The number of aromatic nitrogens is 5. The molecule has 3 heterocycles. The number of pyridine rings is 1. The highest BCUT2D eigenvalue weighted by atomic mass is 19.1. The monoisotopic (exact) mass is 323 g/mol. The molecule has 0 bridgehead atoms. The third-order valence-corrected chi connectivity index (χ3v) is 3.15. The third kappa shape index (κ3) is 2.70. The molecular weight excluding hydrogens is 313 g/mol. The van der Waals surface area contributed by atoms with Crippen molar-refractivity contribution in [3.05, 3.63) is 54.5 Å². The number of hydrogen-bond donors (Lipinski definition) is 2. The van der Waals surface area contributed by atoms with Crippen LogP contribution in [0.25, 0.3) is 11.3 Å². The number of rotatable bonds is 4. The summed E-state index contributed by atoms with van der Waals surface area (Å²) in [6, 6.07) is 11.6. The molecule has 0 aliphatic heterocycles. The topological polar surface area (TPSA) is 102 Å². The van der Waals surface area contributed by atoms with E-state index in [0.29, 0.717) is 11.6 Å². The summed E-state index contributed by atoms with van der Waals surface area (Å²) in [5, 5.41) is 13.2. The van der Waals surface area contributed by atoms with Crippen LogP contribution in [-0.2, 0) is 0 Å². The maximum atomic E-state index is 13.9. The van der Waals surface area contributed by atoms with Crippen LogP contribution in [0.1, 0.15) is 0 Å². The normalized spacial score (nSPS) is 10.7. The molecule has 2 N–H and O–H groups in total. The molecule has 0 aliphatic rings. The van der Waals surface area contributed by atoms with Gasteiger partial charge in [0.15, 0.2) is 11.6 Å². The van der Waals surface area contributed by atoms with Gasteiger partial charge in [-0.3, -0.25) is 0 Å². The van der Waals surface area contributed by atoms with E-state index in [-0.39, 0.29) is 22.8 Å². The van der Waals surface area contributed by atoms with Crippen molar-refractivity contribution in [2.24, 2.45) is 0 Å². The smallest absolute Gasteiger partial charge is 0.245 e. The summed E-state index contributed by atoms with van der Waals surface area (Å²) in [6.07, 6.45) is 1.63. The molecule has 0 aliphatic carbocycles. The molecule has 0 fully saturated rings. The van der Waals surface area contributed by atoms with Gasteiger partial charge in [0.2, 0.25) is 11.3 Å². The lowest BCUT2D eigenvalue weighted by Crippen LogP contribution is -2.04. The zero-order chi connectivity index (χ0) is 16.4. The zero-order valence-electron chi connectivity index (χ0n) is 12.1. The summed E-state index contributed by atoms with van der Waals surface area (Å²) >= 11 is 0. The van der Waals surface area contributed by atoms with Gasteiger partial charge in [-0.05, 0) is 34.6 Å². The van der Waals surface area contributed by atoms with Gasteiger partial charge in [0.1, 0.15) is 11.6 Å². The number of hydrogen-bond acceptors (Lipinski definition) is 8. The first-order valence-electron chi connectivity index (χ1n) is 6.99. The molecule has 118 valence electrons. The summed E-state index contributed by atoms with van der Waals surface area (Å²) < 4.78 is 18.5. The first-order chi connectivity index (χ1) is 11.8. The fraction of sp³-hybridized carbons (Fsp3) is 0. The van der Waals surface area contributed by atoms with Gasteiger partial charge < -0.3 is 10.6 Å². The minimum Gasteiger partial charge on any atom is -0.335 e. The Balaban J connectivity index is 1.77. The number of benzene rings is 1. The van der Waals surface area contributed by atoms with E-state index in [0.717, 1.165) is 0 Å². The summed E-state index contributed by atoms with van der Waals surface area (Å²) in [5.74, 6) is 0.731. The Morgan fingerprint density at radius 2 is 1.54 bits per heavy atom. The van der Waals surface area contributed by atoms with Crippen molar-refractivity contribution in [2.75, 3.05) is 10.6 Å². The Labute approximate surface area is 134 Å². The maximum absolute atomic E-state index is 13.9. The lowest BCUT2D eigenvalue weighted by Gasteiger charge is -2.11. The molecule has 0 saturated heterocycles. The molecule has 1 aromatic carbocycles. The molecule has 0 amide bonds. The second-order valence-corrected chi connectivity index (χ2v) is 4.78. The molecule has 8 nitrogen and oxygen atoms in total. The second kappa shape index (κ2) is 5.88. The van der Waals surface area contributed by atoms with E-state index >= 15 is 0 Å². The number of para-hydroxylation sites is 1. The van der Waals surface area contributed by atoms with Crippen molar-refractivity contribution in [2.45, 2.75) is 0 Å². The SMILES string of the molecule is Fc1ccccc1Nc1nc2nonc2nc1Nc1ccccn1. The van der Waals surface area contributed by atoms with Crippen molar-refractivity contribution in [3.8, 4) is 0 Å². The summed E-state index contributed by atoms with van der Waals surface area (Å²) in [7, 11) is 0. The molecular formula is C15H10FN7O. The fourth-order valence-electron chi connectivity index (χ4n) is 2.06. The number of nitrogens with zero attached hydrogens (tertiary/aromatic N) is 5. The van der Waals surface area contributed by atoms with Gasteiger partial charge in [-0.1, -0.05) is 18.2 Å². The van der Waals surface area contributed by atoms with E-state index in [1.54, 1.807) is 36.5 Å². The number of halogens is 1. The lowest BCUT2D eigenvalue weighted by atomic mass is 10.3. The van der Waals surface area contributed by atoms with E-state index in [1.807, 2.05) is 6.07 Å². The van der Waals surface area contributed by atoms with Crippen molar-refractivity contribution < 1.29 is 9.02 Å². The minimum absolute atomic E-state index is 0.209. The van der Waals surface area contributed by atoms with Crippen LogP contribution in [0.3, 0.4) is 0 Å². The molecule has 0 unspecified atom stereocenters. The van der Waals surface area contributed by atoms with E-state index in [1.165, 1.54) is 6.07 Å². The Hall–Kier alpha value is -3.62. The van der Waals surface area contributed by atoms with Gasteiger partial charge in [-0.2, -0.15) is 0 Å². The lowest BCUT2D eigenvalue weighted by molar-refractivity contribution is 0.314. The highest BCUT2D eigenvalue weighted by Crippen LogP contribution is 2.26. The molecule has 24 heavy (non-hydrogen) atoms. The first-order valence-corrected chi connectivity index (χ1v) is 6.99. The molecule has 4 rings (SSSR count). The Morgan fingerprint density at radius 1 is 0.833 bits per heavy atom. The van der Waals surface area contributed by atoms with Gasteiger partial charge in [-0.15, -0.1) is 0 Å². The average molecular weight is 323 g/mol. The van der Waals surface area contributed by atoms with Crippen LogP contribution in [0.4, 0.5) is 27.5 Å². The average Bonchev–Trinajstić information content (AvgIpc) is 3.05. The number of fused-ring (bicyclic) bond motifs is 1. The second-order valence-electron chi connectivity index (χ2n) is 4.78. The van der Waals surface area contributed by atoms with Gasteiger partial charge in [-0.25, -0.2) is 24.0 Å². The molecule has 0 atom stereocenters. The third-order valence-electron chi connectivity index (χ3n) is 3.15. The zero-order valence-corrected chi connectivity index (χ0v) is 12.1. The van der Waals surface area contributed by atoms with Crippen LogP contribution >= 0.6 is 0 Å². The summed E-state index contributed by atoms with van der Waals surface area (Å²) in [5.41, 5.74) is 0.694. The van der Waals surface area contributed by atoms with Crippen LogP contribution in [0.15, 0.2) is 53.3 Å². The highest BCUT2D eigenvalue weighted by Gasteiger charge is 2.14. The van der Waals surface area contributed by atoms with Crippen molar-refractivity contribution in [3.63, 3.8) is 0 Å². The summed E-state index contributed by atoms with van der Waals surface area (Å²) in [6.45, 7) is 0. The predicted molar refractivity (Wildman–Crippen MR) is 84.6 cm³/mol.